The van der Waals surface area contributed by atoms with Gasteiger partial charge in [-0.05, 0) is 32.6 Å². The highest BCUT2D eigenvalue weighted by Crippen LogP contribution is 2.18. The highest BCUT2D eigenvalue weighted by Gasteiger charge is 2.33. The van der Waals surface area contributed by atoms with Crippen LogP contribution in [-0.4, -0.2) is 84.5 Å². The summed E-state index contributed by atoms with van der Waals surface area (Å²) in [6, 6.07) is -0.0805. The molecule has 24 heavy (non-hydrogen) atoms. The van der Waals surface area contributed by atoms with Crippen molar-refractivity contribution in [3.05, 3.63) is 0 Å². The van der Waals surface area contributed by atoms with Crippen LogP contribution >= 0.6 is 0 Å². The van der Waals surface area contributed by atoms with E-state index in [9.17, 15) is 9.59 Å². The third-order valence-corrected chi connectivity index (χ3v) is 5.65. The Balaban J connectivity index is 1.48. The van der Waals surface area contributed by atoms with Crippen LogP contribution in [0, 0.1) is 0 Å². The lowest BCUT2D eigenvalue weighted by Crippen LogP contribution is -2.56. The first-order valence-corrected chi connectivity index (χ1v) is 9.60. The highest BCUT2D eigenvalue weighted by molar-refractivity contribution is 5.82. The fourth-order valence-corrected chi connectivity index (χ4v) is 4.02. The summed E-state index contributed by atoms with van der Waals surface area (Å²) in [7, 11) is 0. The lowest BCUT2D eigenvalue weighted by atomic mass is 10.1. The van der Waals surface area contributed by atoms with E-state index in [0.29, 0.717) is 19.7 Å². The average molecular weight is 337 g/mol. The van der Waals surface area contributed by atoms with Crippen LogP contribution < -0.4 is 0 Å². The van der Waals surface area contributed by atoms with E-state index >= 15 is 0 Å². The second-order valence-electron chi connectivity index (χ2n) is 7.28. The van der Waals surface area contributed by atoms with Gasteiger partial charge in [0.05, 0.1) is 6.04 Å². The summed E-state index contributed by atoms with van der Waals surface area (Å²) in [6.45, 7) is 7.49. The molecule has 3 rings (SSSR count). The first-order chi connectivity index (χ1) is 11.7. The van der Waals surface area contributed by atoms with Crippen LogP contribution in [0.3, 0.4) is 0 Å². The van der Waals surface area contributed by atoms with Crippen LogP contribution in [0.2, 0.25) is 0 Å². The molecule has 136 valence electrons. The van der Waals surface area contributed by atoms with Crippen molar-refractivity contribution in [2.75, 3.05) is 45.9 Å². The number of amides is 2. The van der Waals surface area contributed by atoms with Crippen molar-refractivity contribution in [1.29, 1.82) is 0 Å². The summed E-state index contributed by atoms with van der Waals surface area (Å²) in [4.78, 5) is 31.3. The second kappa shape index (κ2) is 8.30. The zero-order valence-corrected chi connectivity index (χ0v) is 14.9. The zero-order valence-electron chi connectivity index (χ0n) is 14.9. The van der Waals surface area contributed by atoms with E-state index in [1.54, 1.807) is 0 Å². The second-order valence-corrected chi connectivity index (χ2v) is 7.28. The number of carbonyl (C=O) groups is 2. The summed E-state index contributed by atoms with van der Waals surface area (Å²) >= 11 is 0. The van der Waals surface area contributed by atoms with Gasteiger partial charge >= 0.3 is 0 Å². The lowest BCUT2D eigenvalue weighted by Gasteiger charge is -2.39. The van der Waals surface area contributed by atoms with Crippen LogP contribution in [0.5, 0.6) is 0 Å². The zero-order chi connectivity index (χ0) is 16.9. The Labute approximate surface area is 145 Å². The molecular formula is C18H31N3O3. The SMILES string of the molecule is CC(C(=O)N1CCCCCC1)N1CCN(C(=O)C2CCCO2)CC1. The summed E-state index contributed by atoms with van der Waals surface area (Å²) < 4.78 is 5.51. The van der Waals surface area contributed by atoms with Crippen molar-refractivity contribution in [3.8, 4) is 0 Å². The van der Waals surface area contributed by atoms with Gasteiger partial charge in [-0.25, -0.2) is 0 Å². The van der Waals surface area contributed by atoms with E-state index in [-0.39, 0.29) is 24.0 Å². The molecule has 0 saturated carbocycles. The van der Waals surface area contributed by atoms with Crippen LogP contribution in [-0.2, 0) is 14.3 Å². The molecule has 3 fully saturated rings. The Bertz CT molecular complexity index is 435. The maximum Gasteiger partial charge on any atom is 0.251 e. The molecule has 0 aromatic heterocycles. The Kier molecular flexibility index (Phi) is 6.11. The smallest absolute Gasteiger partial charge is 0.251 e. The van der Waals surface area contributed by atoms with Crippen molar-refractivity contribution in [3.63, 3.8) is 0 Å². The molecule has 6 nitrogen and oxygen atoms in total. The maximum absolute atomic E-state index is 12.8. The third-order valence-electron chi connectivity index (χ3n) is 5.65. The van der Waals surface area contributed by atoms with Crippen molar-refractivity contribution in [2.24, 2.45) is 0 Å². The Morgan fingerprint density at radius 2 is 1.54 bits per heavy atom. The van der Waals surface area contributed by atoms with E-state index in [4.69, 9.17) is 4.74 Å². The van der Waals surface area contributed by atoms with Gasteiger partial charge in [0.1, 0.15) is 6.10 Å². The quantitative estimate of drug-likeness (QED) is 0.774. The molecule has 0 aromatic rings. The Morgan fingerprint density at radius 3 is 2.12 bits per heavy atom. The van der Waals surface area contributed by atoms with Crippen LogP contribution in [0.25, 0.3) is 0 Å². The van der Waals surface area contributed by atoms with E-state index in [1.807, 2.05) is 16.7 Å². The average Bonchev–Trinajstić information content (AvgIpc) is 3.02. The first kappa shape index (κ1) is 17.7. The molecule has 0 aliphatic carbocycles. The number of ether oxygens (including phenoxy) is 1. The largest absolute Gasteiger partial charge is 0.368 e. The third kappa shape index (κ3) is 4.09. The van der Waals surface area contributed by atoms with Crippen molar-refractivity contribution in [2.45, 2.75) is 57.6 Å². The predicted molar refractivity (Wildman–Crippen MR) is 91.6 cm³/mol. The molecular weight excluding hydrogens is 306 g/mol. The first-order valence-electron chi connectivity index (χ1n) is 9.60. The molecule has 3 saturated heterocycles. The molecule has 0 radical (unpaired) electrons. The van der Waals surface area contributed by atoms with Crippen LogP contribution in [0.15, 0.2) is 0 Å². The monoisotopic (exact) mass is 337 g/mol. The predicted octanol–water partition coefficient (Wildman–Crippen LogP) is 1.10. The molecule has 3 aliphatic rings. The number of nitrogens with zero attached hydrogens (tertiary/aromatic N) is 3. The number of likely N-dealkylation sites (tertiary alicyclic amines) is 1. The lowest BCUT2D eigenvalue weighted by molar-refractivity contribution is -0.144. The van der Waals surface area contributed by atoms with Crippen molar-refractivity contribution < 1.29 is 14.3 Å². The molecule has 0 spiro atoms. The number of carbonyl (C=O) groups excluding carboxylic acids is 2. The molecule has 0 N–H and O–H groups in total. The van der Waals surface area contributed by atoms with Gasteiger partial charge < -0.3 is 14.5 Å². The van der Waals surface area contributed by atoms with Gasteiger partial charge in [-0.2, -0.15) is 0 Å². The fourth-order valence-electron chi connectivity index (χ4n) is 4.02. The van der Waals surface area contributed by atoms with Crippen LogP contribution in [0.4, 0.5) is 0 Å². The summed E-state index contributed by atoms with van der Waals surface area (Å²) in [5, 5.41) is 0. The maximum atomic E-state index is 12.8. The molecule has 2 amide bonds. The molecule has 2 atom stereocenters. The Morgan fingerprint density at radius 1 is 0.875 bits per heavy atom. The summed E-state index contributed by atoms with van der Waals surface area (Å²) in [5.41, 5.74) is 0. The number of piperazine rings is 1. The molecule has 6 heteroatoms. The van der Waals surface area contributed by atoms with E-state index in [0.717, 1.165) is 51.9 Å². The molecule has 3 heterocycles. The standard InChI is InChI=1S/C18H31N3O3/c1-15(17(22)20-8-4-2-3-5-9-20)19-10-12-21(13-11-19)18(23)16-7-6-14-24-16/h15-16H,2-14H2,1H3. The fraction of sp³-hybridized carbons (Fsp3) is 0.889. The minimum absolute atomic E-state index is 0.0805. The van der Waals surface area contributed by atoms with Gasteiger partial charge in [0.2, 0.25) is 5.91 Å². The van der Waals surface area contributed by atoms with Gasteiger partial charge in [-0.15, -0.1) is 0 Å². The number of rotatable bonds is 3. The van der Waals surface area contributed by atoms with Crippen molar-refractivity contribution >= 4 is 11.8 Å². The van der Waals surface area contributed by atoms with Crippen LogP contribution in [0.1, 0.15) is 45.4 Å². The summed E-state index contributed by atoms with van der Waals surface area (Å²) in [6.07, 6.45) is 6.34. The molecule has 2 unspecified atom stereocenters. The minimum atomic E-state index is -0.229. The normalized spacial score (nSPS) is 27.8. The van der Waals surface area contributed by atoms with Gasteiger partial charge in [0.25, 0.3) is 5.91 Å². The summed E-state index contributed by atoms with van der Waals surface area (Å²) in [5.74, 6) is 0.398. The number of hydrogen-bond donors (Lipinski definition) is 0. The van der Waals surface area contributed by atoms with Gasteiger partial charge in [0.15, 0.2) is 0 Å². The highest BCUT2D eigenvalue weighted by atomic mass is 16.5. The Hall–Kier alpha value is -1.14. The molecule has 0 aromatic carbocycles. The van der Waals surface area contributed by atoms with E-state index < -0.39 is 0 Å². The minimum Gasteiger partial charge on any atom is -0.368 e. The number of hydrogen-bond acceptors (Lipinski definition) is 4. The van der Waals surface area contributed by atoms with Gasteiger partial charge in [-0.1, -0.05) is 12.8 Å². The molecule has 3 aliphatic heterocycles. The van der Waals surface area contributed by atoms with E-state index in [2.05, 4.69) is 4.90 Å². The molecule has 0 bridgehead atoms. The van der Waals surface area contributed by atoms with E-state index in [1.165, 1.54) is 12.8 Å². The van der Waals surface area contributed by atoms with Gasteiger partial charge in [-0.3, -0.25) is 14.5 Å². The van der Waals surface area contributed by atoms with Crippen molar-refractivity contribution in [1.82, 2.24) is 14.7 Å². The topological polar surface area (TPSA) is 53.1 Å². The van der Waals surface area contributed by atoms with Gasteiger partial charge in [0, 0.05) is 45.9 Å².